The van der Waals surface area contributed by atoms with Gasteiger partial charge in [0.1, 0.15) is 32.7 Å². The molecule has 0 aromatic carbocycles. The van der Waals surface area contributed by atoms with Crippen LogP contribution in [0.2, 0.25) is 12.1 Å². The van der Waals surface area contributed by atoms with Gasteiger partial charge in [-0.05, 0) is 25.7 Å². The third kappa shape index (κ3) is 57.9. The van der Waals surface area contributed by atoms with E-state index in [0.29, 0.717) is 30.5 Å². The third-order valence-electron chi connectivity index (χ3n) is 16.2. The molecule has 0 aliphatic carbocycles. The van der Waals surface area contributed by atoms with Gasteiger partial charge in [0.25, 0.3) is 0 Å². The van der Waals surface area contributed by atoms with Gasteiger partial charge in [-0.3, -0.25) is 0 Å². The van der Waals surface area contributed by atoms with Gasteiger partial charge in [-0.15, -0.1) is 0 Å². The summed E-state index contributed by atoms with van der Waals surface area (Å²) in [6.45, 7) is 15.6. The van der Waals surface area contributed by atoms with Gasteiger partial charge in [-0.2, -0.15) is 0 Å². The number of hydrogen-bond acceptors (Lipinski definition) is 9. The van der Waals surface area contributed by atoms with Crippen molar-refractivity contribution in [2.45, 2.75) is 244 Å². The van der Waals surface area contributed by atoms with Crippen LogP contribution in [0.1, 0.15) is 232 Å². The molecule has 2 aliphatic heterocycles. The Morgan fingerprint density at radius 1 is 0.392 bits per heavy atom. The van der Waals surface area contributed by atoms with Crippen LogP contribution >= 0.6 is 0 Å². The van der Waals surface area contributed by atoms with E-state index in [1.54, 1.807) is 0 Å². The summed E-state index contributed by atoms with van der Waals surface area (Å²) >= 11 is 0. The summed E-state index contributed by atoms with van der Waals surface area (Å²) in [7, 11) is 7.06. The van der Waals surface area contributed by atoms with E-state index in [0.717, 1.165) is 72.0 Å². The minimum Gasteiger partial charge on any atom is -1.00 e. The number of aliphatic hydroxyl groups is 3. The number of nitrogens with zero attached hydrogens (tertiary/aromatic N) is 4. The zero-order chi connectivity index (χ0) is 55.2. The maximum absolute atomic E-state index is 9.08. The molecule has 0 aromatic heterocycles. The molecule has 2 bridgehead atoms. The van der Waals surface area contributed by atoms with Crippen molar-refractivity contribution in [3.63, 3.8) is 0 Å². The van der Waals surface area contributed by atoms with Crippen molar-refractivity contribution in [1.82, 2.24) is 0 Å². The summed E-state index contributed by atoms with van der Waals surface area (Å²) in [6.07, 6.45) is 47.2. The molecule has 79 heavy (non-hydrogen) atoms. The first-order chi connectivity index (χ1) is 35.3. The van der Waals surface area contributed by atoms with Crippen molar-refractivity contribution in [2.75, 3.05) is 141 Å². The Hall–Kier alpha value is 1.03. The quantitative estimate of drug-likeness (QED) is 0.0237. The Kier molecular flexibility index (Phi) is 67.0. The highest BCUT2D eigenvalue weighted by Gasteiger charge is 2.49. The average Bonchev–Trinajstić information content (AvgIpc) is 3.60. The molecule has 0 radical (unpaired) electrons. The van der Waals surface area contributed by atoms with E-state index in [1.807, 2.05) is 7.05 Å². The van der Waals surface area contributed by atoms with E-state index >= 15 is 0 Å². The molecule has 8 N–H and O–H groups in total. The third-order valence-corrected chi connectivity index (χ3v) is 20.0. The number of unbranched alkanes of at least 4 members (excludes halogenated alkanes) is 30. The largest absolute Gasteiger partial charge is 1.00 e. The van der Waals surface area contributed by atoms with Crippen molar-refractivity contribution in [3.05, 3.63) is 0 Å². The van der Waals surface area contributed by atoms with Gasteiger partial charge >= 0.3 is 17.6 Å². The zero-order valence-electron chi connectivity index (χ0n) is 52.8. The van der Waals surface area contributed by atoms with Gasteiger partial charge in [-0.25, -0.2) is 0 Å². The molecule has 0 atom stereocenters. The molecular formula is C59H134Cl4N4O10Si2. The summed E-state index contributed by atoms with van der Waals surface area (Å²) in [5, 5.41) is 26.0. The summed E-state index contributed by atoms with van der Waals surface area (Å²) in [6, 6.07) is 1.14. The number of fused-ring (bicyclic) bond motifs is 3. The fraction of sp³-hybridized carbons (Fsp3) is 1.00. The summed E-state index contributed by atoms with van der Waals surface area (Å²) in [5.41, 5.74) is 0. The number of quaternary nitrogens is 4. The molecule has 2 fully saturated rings. The predicted molar refractivity (Wildman–Crippen MR) is 319 cm³/mol. The normalized spacial score (nSPS) is 17.2. The molecule has 14 nitrogen and oxygen atoms in total. The summed E-state index contributed by atoms with van der Waals surface area (Å²) < 4.78 is 22.2. The van der Waals surface area contributed by atoms with Crippen LogP contribution in [0.4, 0.5) is 0 Å². The number of likely N-dealkylation sites (N-methyl/N-ethyl adjacent to an activating group) is 2. The van der Waals surface area contributed by atoms with E-state index in [4.69, 9.17) is 43.0 Å². The topological polar surface area (TPSA) is 181 Å². The minimum absolute atomic E-state index is 0. The lowest BCUT2D eigenvalue weighted by Gasteiger charge is -2.32. The molecular weight excluding hydrogens is 1120 g/mol. The summed E-state index contributed by atoms with van der Waals surface area (Å²) in [4.78, 5) is 27.2. The van der Waals surface area contributed by atoms with Crippen molar-refractivity contribution in [3.8, 4) is 0 Å². The Bertz CT molecular complexity index is 1220. The Labute approximate surface area is 515 Å². The summed E-state index contributed by atoms with van der Waals surface area (Å²) in [5.74, 6) is 0. The molecule has 2 saturated heterocycles. The molecule has 2 heterocycles. The van der Waals surface area contributed by atoms with Crippen LogP contribution in [0.25, 0.3) is 0 Å². The van der Waals surface area contributed by atoms with E-state index in [2.05, 4.69) is 49.1 Å². The standard InChI is InChI=1S/C29H62N2O3Si.C23H52NO3Si.C7H18NO3.4ClH.H2O/c1-5-6-7-8-9-10-11-12-13-14-15-16-17-18-19-20-22-30(2,3)23-21-28-35-32-26-24-31(4,29-34-35)25-27-33-35;1-4-5-6-7-8-9-10-11-12-13-14-15-16-17-18-19-21-24(2,3)22-20-23-28(25,26)27;1-8(2-5-9,3-6-10)4-7-11;;;;;/h5-29H2,1-4H3;25-27H,4-23H2,1-3H3;9-11H,2-7H2,1H3;4*1H;1H2/q+2;2*+1;;;;;/p-4. The van der Waals surface area contributed by atoms with E-state index in [1.165, 1.54) is 219 Å². The van der Waals surface area contributed by atoms with Crippen LogP contribution in [-0.2, 0) is 13.3 Å². The first kappa shape index (κ1) is 91.2. The second-order valence-electron chi connectivity index (χ2n) is 25.0. The fourth-order valence-corrected chi connectivity index (χ4v) is 13.8. The lowest BCUT2D eigenvalue weighted by Crippen LogP contribution is -3.00. The van der Waals surface area contributed by atoms with E-state index < -0.39 is 17.6 Å². The second kappa shape index (κ2) is 58.1. The monoisotopic (exact) mass is 1250 g/mol. The first-order valence-electron chi connectivity index (χ1n) is 31.6. The Morgan fingerprint density at radius 3 is 0.937 bits per heavy atom. The number of rotatable bonds is 48. The molecule has 2 aliphatic rings. The molecule has 486 valence electrons. The van der Waals surface area contributed by atoms with Gasteiger partial charge in [-0.1, -0.05) is 194 Å². The smallest absolute Gasteiger partial charge is 0.505 e. The number of aliphatic hydroxyl groups excluding tert-OH is 3. The van der Waals surface area contributed by atoms with E-state index in [9.17, 15) is 0 Å². The van der Waals surface area contributed by atoms with Gasteiger partial charge in [0, 0.05) is 24.9 Å². The van der Waals surface area contributed by atoms with Crippen LogP contribution in [0.3, 0.4) is 0 Å². The number of hydrogen-bond donors (Lipinski definition) is 6. The van der Waals surface area contributed by atoms with Gasteiger partial charge in [0.15, 0.2) is 6.73 Å². The lowest BCUT2D eigenvalue weighted by atomic mass is 10.0. The fourth-order valence-electron chi connectivity index (χ4n) is 10.6. The zero-order valence-corrected chi connectivity index (χ0v) is 57.8. The van der Waals surface area contributed by atoms with Crippen LogP contribution in [-0.4, -0.2) is 212 Å². The van der Waals surface area contributed by atoms with Crippen molar-refractivity contribution in [2.24, 2.45) is 0 Å². The molecule has 0 aromatic rings. The first-order valence-corrected chi connectivity index (χ1v) is 35.5. The van der Waals surface area contributed by atoms with Gasteiger partial charge < -0.3 is 116 Å². The van der Waals surface area contributed by atoms with Crippen LogP contribution in [0.5, 0.6) is 0 Å². The molecule has 0 saturated carbocycles. The molecule has 0 amide bonds. The molecule has 2 rings (SSSR count). The molecule has 0 unspecified atom stereocenters. The van der Waals surface area contributed by atoms with Crippen LogP contribution in [0, 0.1) is 0 Å². The van der Waals surface area contributed by atoms with Gasteiger partial charge in [0.2, 0.25) is 0 Å². The van der Waals surface area contributed by atoms with Crippen LogP contribution < -0.4 is 49.6 Å². The molecule has 0 spiro atoms. The Morgan fingerprint density at radius 2 is 0.658 bits per heavy atom. The van der Waals surface area contributed by atoms with Gasteiger partial charge in [0.05, 0.1) is 101 Å². The lowest BCUT2D eigenvalue weighted by molar-refractivity contribution is -0.922. The minimum atomic E-state index is -3.84. The van der Waals surface area contributed by atoms with Crippen LogP contribution in [0.15, 0.2) is 0 Å². The maximum atomic E-state index is 9.08. The number of halogens is 4. The highest BCUT2D eigenvalue weighted by atomic mass is 35.5. The Balaban J connectivity index is -0.000000273. The van der Waals surface area contributed by atoms with E-state index in [-0.39, 0.29) is 81.0 Å². The predicted octanol–water partition coefficient (Wildman–Crippen LogP) is -1.63. The van der Waals surface area contributed by atoms with Crippen molar-refractivity contribution in [1.29, 1.82) is 0 Å². The highest BCUT2D eigenvalue weighted by molar-refractivity contribution is 6.60. The SMILES string of the molecule is CCCCCCCCCCCCCCCCCC[N+](C)(C)CCC[Si](O)(O)O.CCCCCCCCCCCCCCCCCC[N+](C)(C)CCC[Si]12OCC[N+](C)(CCO1)CO2.C[N+](CCO)(CCO)CCO.O.[Cl-].[Cl-].[Cl-].[Cl-]. The molecule has 20 heteroatoms. The second-order valence-corrected chi connectivity index (χ2v) is 29.8. The average molecular weight is 1260 g/mol. The van der Waals surface area contributed by atoms with Crippen molar-refractivity contribution >= 4 is 17.6 Å². The maximum Gasteiger partial charge on any atom is 0.505 e. The van der Waals surface area contributed by atoms with Crippen molar-refractivity contribution < 1.29 is 116 Å². The highest BCUT2D eigenvalue weighted by Crippen LogP contribution is 2.27.